The predicted molar refractivity (Wildman–Crippen MR) is 279 cm³/mol. The Balaban J connectivity index is 1.01. The lowest BCUT2D eigenvalue weighted by Crippen LogP contribution is -2.11. The molecule has 0 aliphatic rings. The molecule has 0 atom stereocenters. The molecule has 0 amide bonds. The van der Waals surface area contributed by atoms with Crippen molar-refractivity contribution in [2.45, 2.75) is 0 Å². The average Bonchev–Trinajstić information content (AvgIpc) is 3.78. The van der Waals surface area contributed by atoms with Gasteiger partial charge in [-0.05, 0) is 127 Å². The molecule has 310 valence electrons. The molecule has 0 saturated carbocycles. The van der Waals surface area contributed by atoms with Crippen molar-refractivity contribution in [2.24, 2.45) is 0 Å². The molecule has 11 aromatic carbocycles. The van der Waals surface area contributed by atoms with Gasteiger partial charge in [0.25, 0.3) is 0 Å². The van der Waals surface area contributed by atoms with E-state index < -0.39 is 0 Å². The van der Waals surface area contributed by atoms with Crippen molar-refractivity contribution in [3.8, 4) is 66.8 Å². The van der Waals surface area contributed by atoms with Crippen LogP contribution in [0.1, 0.15) is 0 Å². The van der Waals surface area contributed by atoms with Gasteiger partial charge < -0.3 is 9.32 Å². The van der Waals surface area contributed by atoms with Crippen LogP contribution in [0.15, 0.2) is 265 Å². The zero-order valence-electron chi connectivity index (χ0n) is 36.2. The largest absolute Gasteiger partial charge is 0.456 e. The molecule has 0 radical (unpaired) electrons. The van der Waals surface area contributed by atoms with Gasteiger partial charge >= 0.3 is 0 Å². The van der Waals surface area contributed by atoms with Gasteiger partial charge in [0.1, 0.15) is 11.2 Å². The van der Waals surface area contributed by atoms with Crippen molar-refractivity contribution in [1.29, 1.82) is 0 Å². The van der Waals surface area contributed by atoms with E-state index in [0.29, 0.717) is 0 Å². The fraction of sp³-hybridized carbons (Fsp3) is 0. The van der Waals surface area contributed by atoms with Crippen LogP contribution in [0.25, 0.3) is 99.5 Å². The molecule has 0 bridgehead atoms. The summed E-state index contributed by atoms with van der Waals surface area (Å²) in [6, 6.07) is 94.0. The molecule has 0 aliphatic carbocycles. The second-order valence-corrected chi connectivity index (χ2v) is 16.8. The number of fused-ring (bicyclic) bond motifs is 4. The molecule has 0 unspecified atom stereocenters. The molecule has 1 aromatic heterocycles. The standard InChI is InChI=1S/C64H43NO/c1-3-16-44(17-4-1)49-34-40-55(46-18-5-2-6-19-46)61(42-49)57-24-10-9-23-56(57)58-25-11-13-28-62(58)65(52-38-32-48(33-39-52)54-27-15-21-47-20-7-8-22-53(47)54)51-36-30-45(31-37-51)50-35-41-60-59-26-12-14-29-63(59)66-64(60)43-50/h1-43H. The van der Waals surface area contributed by atoms with E-state index >= 15 is 0 Å². The third kappa shape index (κ3) is 7.12. The molecular weight excluding hydrogens is 799 g/mol. The summed E-state index contributed by atoms with van der Waals surface area (Å²) in [6.07, 6.45) is 0. The highest BCUT2D eigenvalue weighted by molar-refractivity contribution is 6.06. The van der Waals surface area contributed by atoms with Crippen LogP contribution in [0, 0.1) is 0 Å². The lowest BCUT2D eigenvalue weighted by molar-refractivity contribution is 0.669. The first-order valence-electron chi connectivity index (χ1n) is 22.6. The number of para-hydroxylation sites is 2. The van der Waals surface area contributed by atoms with E-state index in [2.05, 4.69) is 254 Å². The van der Waals surface area contributed by atoms with Crippen LogP contribution in [0.4, 0.5) is 17.1 Å². The first-order valence-corrected chi connectivity index (χ1v) is 22.6. The third-order valence-corrected chi connectivity index (χ3v) is 12.9. The second kappa shape index (κ2) is 16.8. The minimum absolute atomic E-state index is 0.892. The SMILES string of the molecule is c1ccc(-c2ccc(-c3ccccc3)c(-c3ccccc3-c3ccccc3N(c3ccc(-c4ccc5c(c4)oc4ccccc45)cc3)c3ccc(-c4cccc5ccccc45)cc3)c2)cc1. The van der Waals surface area contributed by atoms with Gasteiger partial charge in [-0.25, -0.2) is 0 Å². The van der Waals surface area contributed by atoms with Crippen LogP contribution < -0.4 is 4.90 Å². The number of benzene rings is 11. The summed E-state index contributed by atoms with van der Waals surface area (Å²) in [5, 5.41) is 4.74. The molecule has 2 heteroatoms. The maximum Gasteiger partial charge on any atom is 0.136 e. The molecule has 0 aliphatic heterocycles. The number of nitrogens with zero attached hydrogens (tertiary/aromatic N) is 1. The summed E-state index contributed by atoms with van der Waals surface area (Å²) in [5.74, 6) is 0. The Kier molecular flexibility index (Phi) is 9.89. The van der Waals surface area contributed by atoms with Crippen molar-refractivity contribution in [3.05, 3.63) is 261 Å². The van der Waals surface area contributed by atoms with Gasteiger partial charge in [-0.1, -0.05) is 206 Å². The van der Waals surface area contributed by atoms with Crippen LogP contribution in [0.5, 0.6) is 0 Å². The van der Waals surface area contributed by atoms with E-state index in [1.54, 1.807) is 0 Å². The first-order chi connectivity index (χ1) is 32.7. The van der Waals surface area contributed by atoms with E-state index in [0.717, 1.165) is 61.3 Å². The zero-order chi connectivity index (χ0) is 43.8. The van der Waals surface area contributed by atoms with Crippen molar-refractivity contribution >= 4 is 49.8 Å². The minimum atomic E-state index is 0.892. The van der Waals surface area contributed by atoms with Gasteiger partial charge in [0.05, 0.1) is 5.69 Å². The average molecular weight is 842 g/mol. The molecular formula is C64H43NO. The van der Waals surface area contributed by atoms with Crippen LogP contribution >= 0.6 is 0 Å². The maximum absolute atomic E-state index is 6.31. The molecule has 0 N–H and O–H groups in total. The summed E-state index contributed by atoms with van der Waals surface area (Å²) < 4.78 is 6.31. The summed E-state index contributed by atoms with van der Waals surface area (Å²) in [7, 11) is 0. The fourth-order valence-electron chi connectivity index (χ4n) is 9.70. The van der Waals surface area contributed by atoms with E-state index in [1.165, 1.54) is 55.3 Å². The number of hydrogen-bond donors (Lipinski definition) is 0. The van der Waals surface area contributed by atoms with Crippen LogP contribution in [0.2, 0.25) is 0 Å². The lowest BCUT2D eigenvalue weighted by Gasteiger charge is -2.29. The topological polar surface area (TPSA) is 16.4 Å². The van der Waals surface area contributed by atoms with Gasteiger partial charge in [0, 0.05) is 27.7 Å². The Hall–Kier alpha value is -8.72. The minimum Gasteiger partial charge on any atom is -0.456 e. The highest BCUT2D eigenvalue weighted by atomic mass is 16.3. The third-order valence-electron chi connectivity index (χ3n) is 12.9. The predicted octanol–water partition coefficient (Wildman–Crippen LogP) is 18.2. The molecule has 0 saturated heterocycles. The summed E-state index contributed by atoms with van der Waals surface area (Å²) in [4.78, 5) is 2.41. The lowest BCUT2D eigenvalue weighted by atomic mass is 9.87. The quantitative estimate of drug-likeness (QED) is 0.144. The van der Waals surface area contributed by atoms with E-state index in [9.17, 15) is 0 Å². The molecule has 0 spiro atoms. The molecule has 0 fully saturated rings. The monoisotopic (exact) mass is 841 g/mol. The van der Waals surface area contributed by atoms with Crippen molar-refractivity contribution in [2.75, 3.05) is 4.90 Å². The maximum atomic E-state index is 6.31. The summed E-state index contributed by atoms with van der Waals surface area (Å²) in [5.41, 5.74) is 19.0. The molecule has 2 nitrogen and oxygen atoms in total. The number of furan rings is 1. The van der Waals surface area contributed by atoms with E-state index in [-0.39, 0.29) is 0 Å². The van der Waals surface area contributed by atoms with Crippen LogP contribution in [-0.2, 0) is 0 Å². The van der Waals surface area contributed by atoms with Crippen LogP contribution in [0.3, 0.4) is 0 Å². The highest BCUT2D eigenvalue weighted by Crippen LogP contribution is 2.47. The molecule has 12 rings (SSSR count). The number of rotatable bonds is 9. The second-order valence-electron chi connectivity index (χ2n) is 16.8. The molecule has 1 heterocycles. The van der Waals surface area contributed by atoms with Crippen molar-refractivity contribution < 1.29 is 4.42 Å². The van der Waals surface area contributed by atoms with Gasteiger partial charge in [-0.15, -0.1) is 0 Å². The number of hydrogen-bond acceptors (Lipinski definition) is 2. The Morgan fingerprint density at radius 3 is 1.48 bits per heavy atom. The van der Waals surface area contributed by atoms with Gasteiger partial charge in [-0.2, -0.15) is 0 Å². The Bertz CT molecular complexity index is 3680. The first kappa shape index (κ1) is 38.9. The van der Waals surface area contributed by atoms with Gasteiger partial charge in [-0.3, -0.25) is 0 Å². The number of anilines is 3. The van der Waals surface area contributed by atoms with Gasteiger partial charge in [0.15, 0.2) is 0 Å². The van der Waals surface area contributed by atoms with E-state index in [1.807, 2.05) is 12.1 Å². The molecule has 66 heavy (non-hydrogen) atoms. The smallest absolute Gasteiger partial charge is 0.136 e. The van der Waals surface area contributed by atoms with Gasteiger partial charge in [0.2, 0.25) is 0 Å². The zero-order valence-corrected chi connectivity index (χ0v) is 36.2. The fourth-order valence-corrected chi connectivity index (χ4v) is 9.70. The normalized spacial score (nSPS) is 11.3. The Labute approximate surface area is 384 Å². The van der Waals surface area contributed by atoms with E-state index in [4.69, 9.17) is 4.42 Å². The molecule has 12 aromatic rings. The summed E-state index contributed by atoms with van der Waals surface area (Å²) in [6.45, 7) is 0. The van der Waals surface area contributed by atoms with Crippen molar-refractivity contribution in [1.82, 2.24) is 0 Å². The Morgan fingerprint density at radius 1 is 0.242 bits per heavy atom. The van der Waals surface area contributed by atoms with Crippen LogP contribution in [-0.4, -0.2) is 0 Å². The highest BCUT2D eigenvalue weighted by Gasteiger charge is 2.21. The van der Waals surface area contributed by atoms with Crippen molar-refractivity contribution in [3.63, 3.8) is 0 Å². The summed E-state index contributed by atoms with van der Waals surface area (Å²) >= 11 is 0. The Morgan fingerprint density at radius 2 is 0.727 bits per heavy atom.